The zero-order valence-electron chi connectivity index (χ0n) is 4.72. The molecule has 2 atom stereocenters. The molecule has 0 nitrogen and oxygen atoms in total. The Bertz CT molecular complexity index is 208. The summed E-state index contributed by atoms with van der Waals surface area (Å²) in [4.78, 5) is 0. The van der Waals surface area contributed by atoms with Gasteiger partial charge in [-0.1, -0.05) is 12.2 Å². The van der Waals surface area contributed by atoms with Gasteiger partial charge >= 0.3 is 0 Å². The SMILES string of the molecule is C1=C2C3=CCCC3C12. The Morgan fingerprint density at radius 3 is 3.25 bits per heavy atom. The fourth-order valence-electron chi connectivity index (χ4n) is 2.10. The molecule has 0 spiro atoms. The molecule has 0 radical (unpaired) electrons. The van der Waals surface area contributed by atoms with Crippen LogP contribution in [0.1, 0.15) is 12.8 Å². The van der Waals surface area contributed by atoms with E-state index in [-0.39, 0.29) is 0 Å². The van der Waals surface area contributed by atoms with Crippen LogP contribution in [-0.2, 0) is 0 Å². The molecule has 0 amide bonds. The first-order valence-corrected chi connectivity index (χ1v) is 3.39. The van der Waals surface area contributed by atoms with Gasteiger partial charge in [-0.15, -0.1) is 0 Å². The van der Waals surface area contributed by atoms with Crippen LogP contribution in [0.3, 0.4) is 0 Å². The standard InChI is InChI=1S/C8H8/c1-2-5-6(3-1)8-4-7(5)8/h2,4,6,8H,1,3H2. The lowest BCUT2D eigenvalue weighted by atomic mass is 9.80. The lowest BCUT2D eigenvalue weighted by Crippen LogP contribution is -2.14. The van der Waals surface area contributed by atoms with Gasteiger partial charge in [-0.2, -0.15) is 0 Å². The van der Waals surface area contributed by atoms with Gasteiger partial charge in [-0.3, -0.25) is 0 Å². The van der Waals surface area contributed by atoms with E-state index in [1.165, 1.54) is 12.8 Å². The molecule has 3 rings (SSSR count). The minimum Gasteiger partial charge on any atom is -0.0807 e. The van der Waals surface area contributed by atoms with E-state index >= 15 is 0 Å². The second kappa shape index (κ2) is 0.812. The van der Waals surface area contributed by atoms with E-state index in [1.54, 1.807) is 11.1 Å². The third-order valence-electron chi connectivity index (χ3n) is 2.62. The Balaban J connectivity index is 2.15. The van der Waals surface area contributed by atoms with Crippen molar-refractivity contribution < 1.29 is 0 Å². The maximum absolute atomic E-state index is 2.42. The highest BCUT2D eigenvalue weighted by atomic mass is 14.5. The molecule has 0 aliphatic heterocycles. The molecule has 0 aromatic rings. The zero-order valence-corrected chi connectivity index (χ0v) is 4.72. The first-order valence-electron chi connectivity index (χ1n) is 3.39. The average molecular weight is 104 g/mol. The third kappa shape index (κ3) is 0.199. The van der Waals surface area contributed by atoms with Crippen molar-refractivity contribution in [1.82, 2.24) is 0 Å². The number of allylic oxidation sites excluding steroid dienone is 4. The molecule has 0 bridgehead atoms. The second-order valence-electron chi connectivity index (χ2n) is 2.99. The monoisotopic (exact) mass is 104 g/mol. The summed E-state index contributed by atoms with van der Waals surface area (Å²) in [5.74, 6) is 1.98. The van der Waals surface area contributed by atoms with Crippen molar-refractivity contribution >= 4 is 0 Å². The minimum absolute atomic E-state index is 0.976. The highest BCUT2D eigenvalue weighted by Crippen LogP contribution is 2.61. The van der Waals surface area contributed by atoms with E-state index in [0.29, 0.717) is 0 Å². The summed E-state index contributed by atoms with van der Waals surface area (Å²) in [6.45, 7) is 0. The molecule has 0 heterocycles. The highest BCUT2D eigenvalue weighted by Gasteiger charge is 2.49. The van der Waals surface area contributed by atoms with E-state index in [4.69, 9.17) is 0 Å². The lowest BCUT2D eigenvalue weighted by Gasteiger charge is -2.23. The molecule has 3 aliphatic rings. The van der Waals surface area contributed by atoms with Crippen LogP contribution in [0, 0.1) is 11.8 Å². The lowest BCUT2D eigenvalue weighted by molar-refractivity contribution is 0.504. The van der Waals surface area contributed by atoms with Crippen molar-refractivity contribution in [3.05, 3.63) is 23.3 Å². The number of hydrogen-bond acceptors (Lipinski definition) is 0. The minimum atomic E-state index is 0.976. The van der Waals surface area contributed by atoms with Gasteiger partial charge in [0.1, 0.15) is 0 Å². The van der Waals surface area contributed by atoms with Crippen LogP contribution in [0.25, 0.3) is 0 Å². The Morgan fingerprint density at radius 2 is 2.38 bits per heavy atom. The average Bonchev–Trinajstić information content (AvgIpc) is 2.34. The molecule has 1 saturated carbocycles. The number of hydrogen-bond donors (Lipinski definition) is 0. The molecule has 8 heavy (non-hydrogen) atoms. The van der Waals surface area contributed by atoms with E-state index in [9.17, 15) is 0 Å². The molecule has 1 fully saturated rings. The van der Waals surface area contributed by atoms with Crippen LogP contribution in [0.2, 0.25) is 0 Å². The Morgan fingerprint density at radius 1 is 1.38 bits per heavy atom. The molecule has 40 valence electrons. The van der Waals surface area contributed by atoms with Gasteiger partial charge in [0.2, 0.25) is 0 Å². The number of rotatable bonds is 0. The maximum atomic E-state index is 2.42. The van der Waals surface area contributed by atoms with Gasteiger partial charge in [0.15, 0.2) is 0 Å². The Labute approximate surface area is 48.9 Å². The summed E-state index contributed by atoms with van der Waals surface area (Å²) >= 11 is 0. The van der Waals surface area contributed by atoms with Crippen molar-refractivity contribution in [3.8, 4) is 0 Å². The summed E-state index contributed by atoms with van der Waals surface area (Å²) in [6.07, 6.45) is 7.63. The van der Waals surface area contributed by atoms with E-state index in [1.807, 2.05) is 0 Å². The van der Waals surface area contributed by atoms with Gasteiger partial charge < -0.3 is 0 Å². The fourth-order valence-corrected chi connectivity index (χ4v) is 2.10. The summed E-state index contributed by atoms with van der Waals surface area (Å²) in [6, 6.07) is 0. The van der Waals surface area contributed by atoms with Gasteiger partial charge in [0, 0.05) is 5.92 Å². The Hall–Kier alpha value is -0.520. The van der Waals surface area contributed by atoms with Crippen LogP contribution >= 0.6 is 0 Å². The first kappa shape index (κ1) is 3.49. The van der Waals surface area contributed by atoms with E-state index < -0.39 is 0 Å². The van der Waals surface area contributed by atoms with Gasteiger partial charge in [0.25, 0.3) is 0 Å². The highest BCUT2D eigenvalue weighted by molar-refractivity contribution is 5.61. The van der Waals surface area contributed by atoms with Crippen molar-refractivity contribution in [2.24, 2.45) is 11.8 Å². The predicted octanol–water partition coefficient (Wildman–Crippen LogP) is 1.89. The van der Waals surface area contributed by atoms with Crippen LogP contribution in [-0.4, -0.2) is 0 Å². The van der Waals surface area contributed by atoms with E-state index in [0.717, 1.165) is 11.8 Å². The Kier molecular flexibility index (Phi) is 0.355. The molecule has 0 saturated heterocycles. The van der Waals surface area contributed by atoms with Gasteiger partial charge in [-0.25, -0.2) is 0 Å². The molecular weight excluding hydrogens is 96.1 g/mol. The van der Waals surface area contributed by atoms with Crippen LogP contribution < -0.4 is 0 Å². The summed E-state index contributed by atoms with van der Waals surface area (Å²) in [7, 11) is 0. The van der Waals surface area contributed by atoms with Crippen LogP contribution in [0.5, 0.6) is 0 Å². The van der Waals surface area contributed by atoms with Crippen molar-refractivity contribution in [1.29, 1.82) is 0 Å². The third-order valence-corrected chi connectivity index (χ3v) is 2.62. The summed E-state index contributed by atoms with van der Waals surface area (Å²) in [5, 5.41) is 0. The number of fused-ring (bicyclic) bond motifs is 4. The molecule has 2 unspecified atom stereocenters. The van der Waals surface area contributed by atoms with Gasteiger partial charge in [0.05, 0.1) is 0 Å². The molecular formula is C8H8. The molecule has 0 heteroatoms. The smallest absolute Gasteiger partial charge is 0.00927 e. The maximum Gasteiger partial charge on any atom is 0.00927 e. The predicted molar refractivity (Wildman–Crippen MR) is 32.4 cm³/mol. The van der Waals surface area contributed by atoms with Crippen molar-refractivity contribution in [2.75, 3.05) is 0 Å². The molecule has 0 aromatic carbocycles. The first-order chi connectivity index (χ1) is 3.97. The molecule has 0 aromatic heterocycles. The fraction of sp³-hybridized carbons (Fsp3) is 0.500. The summed E-state index contributed by atoms with van der Waals surface area (Å²) in [5.41, 5.74) is 3.39. The quantitative estimate of drug-likeness (QED) is 0.440. The van der Waals surface area contributed by atoms with Gasteiger partial charge in [-0.05, 0) is 29.9 Å². The molecule has 3 aliphatic carbocycles. The molecule has 0 N–H and O–H groups in total. The van der Waals surface area contributed by atoms with E-state index in [2.05, 4.69) is 12.2 Å². The topological polar surface area (TPSA) is 0 Å². The van der Waals surface area contributed by atoms with Crippen molar-refractivity contribution in [3.63, 3.8) is 0 Å². The van der Waals surface area contributed by atoms with Crippen LogP contribution in [0.4, 0.5) is 0 Å². The van der Waals surface area contributed by atoms with Crippen LogP contribution in [0.15, 0.2) is 23.3 Å². The van der Waals surface area contributed by atoms with Crippen molar-refractivity contribution in [2.45, 2.75) is 12.8 Å². The normalized spacial score (nSPS) is 46.0. The zero-order chi connectivity index (χ0) is 5.14. The largest absolute Gasteiger partial charge is 0.0807 e. The summed E-state index contributed by atoms with van der Waals surface area (Å²) < 4.78 is 0. The second-order valence-corrected chi connectivity index (χ2v) is 2.99.